The molecule has 2 aromatic carbocycles. The molecule has 0 unspecified atom stereocenters. The molecule has 0 saturated heterocycles. The van der Waals surface area contributed by atoms with Crippen LogP contribution in [0.5, 0.6) is 11.5 Å². The van der Waals surface area contributed by atoms with E-state index in [1.54, 1.807) is 42.5 Å². The van der Waals surface area contributed by atoms with Crippen LogP contribution in [0.1, 0.15) is 27.6 Å². The van der Waals surface area contributed by atoms with Crippen molar-refractivity contribution in [3.05, 3.63) is 53.6 Å². The number of nitrogens with one attached hydrogen (secondary N) is 1. The Bertz CT molecular complexity index is 692. The van der Waals surface area contributed by atoms with Crippen LogP contribution < -0.4 is 14.8 Å². The number of amides is 1. The summed E-state index contributed by atoms with van der Waals surface area (Å²) in [5, 5.41) is 2.76. The first kappa shape index (κ1) is 15.6. The Morgan fingerprint density at radius 1 is 0.955 bits per heavy atom. The number of methoxy groups -OCH3 is 2. The molecular formula is C17H17NO4. The van der Waals surface area contributed by atoms with Crippen molar-refractivity contribution >= 4 is 17.4 Å². The first-order chi connectivity index (χ1) is 10.5. The number of rotatable bonds is 5. The number of Topliss-reactive ketones (excluding diaryl/α,β-unsaturated/α-hetero) is 1. The summed E-state index contributed by atoms with van der Waals surface area (Å²) in [5.74, 6) is 0.690. The van der Waals surface area contributed by atoms with E-state index in [0.29, 0.717) is 28.3 Å². The van der Waals surface area contributed by atoms with E-state index in [0.717, 1.165) is 0 Å². The number of carbonyl (C=O) groups is 2. The van der Waals surface area contributed by atoms with Gasteiger partial charge < -0.3 is 14.8 Å². The van der Waals surface area contributed by atoms with Crippen molar-refractivity contribution in [1.82, 2.24) is 0 Å². The number of benzene rings is 2. The van der Waals surface area contributed by atoms with Crippen LogP contribution in [0.15, 0.2) is 42.5 Å². The zero-order valence-electron chi connectivity index (χ0n) is 12.7. The van der Waals surface area contributed by atoms with Crippen molar-refractivity contribution in [2.24, 2.45) is 0 Å². The predicted molar refractivity (Wildman–Crippen MR) is 83.9 cm³/mol. The third-order valence-electron chi connectivity index (χ3n) is 3.20. The van der Waals surface area contributed by atoms with Gasteiger partial charge in [-0.25, -0.2) is 0 Å². The Hall–Kier alpha value is -2.82. The minimum absolute atomic E-state index is 0.0210. The van der Waals surface area contributed by atoms with Gasteiger partial charge in [0.15, 0.2) is 5.78 Å². The highest BCUT2D eigenvalue weighted by Gasteiger charge is 2.14. The third kappa shape index (κ3) is 3.44. The summed E-state index contributed by atoms with van der Waals surface area (Å²) >= 11 is 0. The van der Waals surface area contributed by atoms with E-state index in [2.05, 4.69) is 5.32 Å². The minimum atomic E-state index is -0.314. The van der Waals surface area contributed by atoms with Gasteiger partial charge in [-0.05, 0) is 49.4 Å². The van der Waals surface area contributed by atoms with Crippen LogP contribution in [-0.2, 0) is 0 Å². The first-order valence-electron chi connectivity index (χ1n) is 6.69. The average Bonchev–Trinajstić information content (AvgIpc) is 2.54. The van der Waals surface area contributed by atoms with Crippen LogP contribution in [-0.4, -0.2) is 25.9 Å². The maximum absolute atomic E-state index is 12.4. The Morgan fingerprint density at radius 2 is 1.64 bits per heavy atom. The maximum Gasteiger partial charge on any atom is 0.259 e. The molecule has 0 fully saturated rings. The Balaban J connectivity index is 2.23. The fourth-order valence-corrected chi connectivity index (χ4v) is 1.98. The Kier molecular flexibility index (Phi) is 4.78. The van der Waals surface area contributed by atoms with E-state index >= 15 is 0 Å². The number of anilines is 1. The van der Waals surface area contributed by atoms with Gasteiger partial charge in [-0.15, -0.1) is 0 Å². The van der Waals surface area contributed by atoms with Crippen molar-refractivity contribution in [1.29, 1.82) is 0 Å². The normalized spacial score (nSPS) is 9.95. The largest absolute Gasteiger partial charge is 0.497 e. The predicted octanol–water partition coefficient (Wildman–Crippen LogP) is 3.16. The van der Waals surface area contributed by atoms with E-state index < -0.39 is 0 Å². The summed E-state index contributed by atoms with van der Waals surface area (Å²) in [6.07, 6.45) is 0. The van der Waals surface area contributed by atoms with Crippen molar-refractivity contribution in [3.63, 3.8) is 0 Å². The standard InChI is InChI=1S/C17H17NO4/c1-11(19)12-4-6-13(7-5-12)18-17(20)15-10-14(21-2)8-9-16(15)22-3/h4-10H,1-3H3,(H,18,20). The number of carbonyl (C=O) groups excluding carboxylic acids is 2. The van der Waals surface area contributed by atoms with Gasteiger partial charge in [0.25, 0.3) is 5.91 Å². The van der Waals surface area contributed by atoms with Crippen molar-refractivity contribution in [2.75, 3.05) is 19.5 Å². The fraction of sp³-hybridized carbons (Fsp3) is 0.176. The molecule has 114 valence electrons. The molecule has 0 aromatic heterocycles. The lowest BCUT2D eigenvalue weighted by Gasteiger charge is -2.11. The molecule has 1 amide bonds. The Labute approximate surface area is 128 Å². The van der Waals surface area contributed by atoms with E-state index in [1.165, 1.54) is 21.1 Å². The van der Waals surface area contributed by atoms with Gasteiger partial charge in [-0.2, -0.15) is 0 Å². The van der Waals surface area contributed by atoms with Crippen LogP contribution in [0.2, 0.25) is 0 Å². The lowest BCUT2D eigenvalue weighted by molar-refractivity contribution is 0.101. The van der Waals surface area contributed by atoms with Gasteiger partial charge in [-0.1, -0.05) is 0 Å². The van der Waals surface area contributed by atoms with E-state index in [-0.39, 0.29) is 11.7 Å². The van der Waals surface area contributed by atoms with Crippen molar-refractivity contribution < 1.29 is 19.1 Å². The monoisotopic (exact) mass is 299 g/mol. The molecule has 0 saturated carbocycles. The van der Waals surface area contributed by atoms with Crippen LogP contribution in [0.25, 0.3) is 0 Å². The maximum atomic E-state index is 12.4. The molecule has 22 heavy (non-hydrogen) atoms. The highest BCUT2D eigenvalue weighted by atomic mass is 16.5. The second kappa shape index (κ2) is 6.76. The van der Waals surface area contributed by atoms with Gasteiger partial charge in [0, 0.05) is 11.3 Å². The quantitative estimate of drug-likeness (QED) is 0.861. The summed E-state index contributed by atoms with van der Waals surface area (Å²) < 4.78 is 10.3. The molecule has 0 bridgehead atoms. The topological polar surface area (TPSA) is 64.6 Å². The molecule has 1 N–H and O–H groups in total. The summed E-state index contributed by atoms with van der Waals surface area (Å²) in [6.45, 7) is 1.49. The molecule has 0 aliphatic carbocycles. The average molecular weight is 299 g/mol. The van der Waals surface area contributed by atoms with Crippen LogP contribution in [0.3, 0.4) is 0 Å². The highest BCUT2D eigenvalue weighted by Crippen LogP contribution is 2.25. The SMILES string of the molecule is COc1ccc(OC)c(C(=O)Nc2ccc(C(C)=O)cc2)c1. The lowest BCUT2D eigenvalue weighted by Crippen LogP contribution is -2.13. The summed E-state index contributed by atoms with van der Waals surface area (Å²) in [5.41, 5.74) is 1.56. The summed E-state index contributed by atoms with van der Waals surface area (Å²) in [6, 6.07) is 11.7. The number of hydrogen-bond donors (Lipinski definition) is 1. The lowest BCUT2D eigenvalue weighted by atomic mass is 10.1. The molecule has 5 heteroatoms. The number of hydrogen-bond acceptors (Lipinski definition) is 4. The van der Waals surface area contributed by atoms with Gasteiger partial charge in [-0.3, -0.25) is 9.59 Å². The van der Waals surface area contributed by atoms with Crippen LogP contribution in [0.4, 0.5) is 5.69 Å². The van der Waals surface area contributed by atoms with Crippen molar-refractivity contribution in [3.8, 4) is 11.5 Å². The third-order valence-corrected chi connectivity index (χ3v) is 3.20. The summed E-state index contributed by atoms with van der Waals surface area (Å²) in [4.78, 5) is 23.6. The minimum Gasteiger partial charge on any atom is -0.497 e. The Morgan fingerprint density at radius 3 is 2.18 bits per heavy atom. The van der Waals surface area contributed by atoms with Gasteiger partial charge in [0.05, 0.1) is 19.8 Å². The second-order valence-electron chi connectivity index (χ2n) is 4.65. The van der Waals surface area contributed by atoms with Crippen molar-refractivity contribution in [2.45, 2.75) is 6.92 Å². The first-order valence-corrected chi connectivity index (χ1v) is 6.69. The molecule has 0 aliphatic rings. The molecule has 2 rings (SSSR count). The number of ether oxygens (including phenoxy) is 2. The van der Waals surface area contributed by atoms with Crippen LogP contribution >= 0.6 is 0 Å². The van der Waals surface area contributed by atoms with Crippen LogP contribution in [0, 0.1) is 0 Å². The molecule has 0 aliphatic heterocycles. The zero-order chi connectivity index (χ0) is 16.1. The van der Waals surface area contributed by atoms with Gasteiger partial charge in [0.2, 0.25) is 0 Å². The molecule has 0 spiro atoms. The zero-order valence-corrected chi connectivity index (χ0v) is 12.7. The summed E-state index contributed by atoms with van der Waals surface area (Å²) in [7, 11) is 3.03. The molecule has 5 nitrogen and oxygen atoms in total. The molecule has 0 heterocycles. The van der Waals surface area contributed by atoms with E-state index in [4.69, 9.17) is 9.47 Å². The van der Waals surface area contributed by atoms with Gasteiger partial charge >= 0.3 is 0 Å². The fourth-order valence-electron chi connectivity index (χ4n) is 1.98. The van der Waals surface area contributed by atoms with E-state index in [9.17, 15) is 9.59 Å². The van der Waals surface area contributed by atoms with Gasteiger partial charge in [0.1, 0.15) is 11.5 Å². The molecule has 2 aromatic rings. The molecule has 0 radical (unpaired) electrons. The number of ketones is 1. The molecule has 0 atom stereocenters. The highest BCUT2D eigenvalue weighted by molar-refractivity contribution is 6.06. The molecular weight excluding hydrogens is 282 g/mol. The smallest absolute Gasteiger partial charge is 0.259 e. The van der Waals surface area contributed by atoms with E-state index in [1.807, 2.05) is 0 Å². The second-order valence-corrected chi connectivity index (χ2v) is 4.65.